The molecule has 2 aliphatic heterocycles. The minimum atomic E-state index is 0.141. The molecular weight excluding hydrogens is 326 g/mol. The molecule has 0 radical (unpaired) electrons. The maximum Gasteiger partial charge on any atom is 0.270 e. The lowest BCUT2D eigenvalue weighted by Crippen LogP contribution is -2.50. The number of piperazine rings is 1. The quantitative estimate of drug-likeness (QED) is 0.829. The Morgan fingerprint density at radius 2 is 1.85 bits per heavy atom. The SMILES string of the molecule is O=C(c1cccn1Cc1ccccc1)N1CCN(CC2CCCO2)CC1. The molecule has 0 N–H and O–H groups in total. The predicted molar refractivity (Wildman–Crippen MR) is 101 cm³/mol. The van der Waals surface area contributed by atoms with E-state index in [9.17, 15) is 4.79 Å². The van der Waals surface area contributed by atoms with Crippen LogP contribution in [-0.4, -0.2) is 65.7 Å². The van der Waals surface area contributed by atoms with Crippen molar-refractivity contribution in [2.75, 3.05) is 39.3 Å². The van der Waals surface area contributed by atoms with E-state index in [2.05, 4.69) is 21.6 Å². The summed E-state index contributed by atoms with van der Waals surface area (Å²) in [5.41, 5.74) is 1.99. The molecule has 2 fully saturated rings. The molecular formula is C21H27N3O2. The van der Waals surface area contributed by atoms with Crippen LogP contribution in [0.5, 0.6) is 0 Å². The Hall–Kier alpha value is -2.11. The summed E-state index contributed by atoms with van der Waals surface area (Å²) in [5, 5.41) is 0. The number of aromatic nitrogens is 1. The fourth-order valence-electron chi connectivity index (χ4n) is 3.90. The van der Waals surface area contributed by atoms with E-state index in [4.69, 9.17) is 4.74 Å². The highest BCUT2D eigenvalue weighted by Crippen LogP contribution is 2.16. The van der Waals surface area contributed by atoms with Crippen LogP contribution in [0.4, 0.5) is 0 Å². The molecule has 5 nitrogen and oxygen atoms in total. The molecule has 2 saturated heterocycles. The minimum Gasteiger partial charge on any atom is -0.377 e. The lowest BCUT2D eigenvalue weighted by atomic mass is 10.2. The Morgan fingerprint density at radius 1 is 1.04 bits per heavy atom. The number of hydrogen-bond donors (Lipinski definition) is 0. The molecule has 1 amide bonds. The third-order valence-corrected chi connectivity index (χ3v) is 5.39. The van der Waals surface area contributed by atoms with Crippen LogP contribution < -0.4 is 0 Å². The Bertz CT molecular complexity index is 714. The van der Waals surface area contributed by atoms with Crippen molar-refractivity contribution >= 4 is 5.91 Å². The van der Waals surface area contributed by atoms with Crippen LogP contribution in [0.2, 0.25) is 0 Å². The van der Waals surface area contributed by atoms with Gasteiger partial charge in [0.25, 0.3) is 5.91 Å². The first-order valence-electron chi connectivity index (χ1n) is 9.62. The standard InChI is InChI=1S/C21H27N3O2/c25-21(20-9-4-10-24(20)16-18-6-2-1-3-7-18)23-13-11-22(12-14-23)17-19-8-5-15-26-19/h1-4,6-7,9-10,19H,5,8,11-17H2. The Labute approximate surface area is 155 Å². The molecule has 3 heterocycles. The smallest absolute Gasteiger partial charge is 0.270 e. The van der Waals surface area contributed by atoms with Gasteiger partial charge < -0.3 is 14.2 Å². The lowest BCUT2D eigenvalue weighted by molar-refractivity contribution is 0.0427. The average molecular weight is 353 g/mol. The number of carbonyl (C=O) groups is 1. The summed E-state index contributed by atoms with van der Waals surface area (Å²) in [5.74, 6) is 0.141. The molecule has 1 aromatic heterocycles. The molecule has 138 valence electrons. The predicted octanol–water partition coefficient (Wildman–Crippen LogP) is 2.47. The van der Waals surface area contributed by atoms with E-state index in [0.29, 0.717) is 6.10 Å². The van der Waals surface area contributed by atoms with Crippen LogP contribution in [0, 0.1) is 0 Å². The van der Waals surface area contributed by atoms with Crippen molar-refractivity contribution in [2.24, 2.45) is 0 Å². The van der Waals surface area contributed by atoms with Crippen LogP contribution in [0.1, 0.15) is 28.9 Å². The van der Waals surface area contributed by atoms with Gasteiger partial charge in [-0.3, -0.25) is 9.69 Å². The van der Waals surface area contributed by atoms with Crippen molar-refractivity contribution in [3.63, 3.8) is 0 Å². The molecule has 0 bridgehead atoms. The van der Waals surface area contributed by atoms with Gasteiger partial charge in [0.05, 0.1) is 6.10 Å². The van der Waals surface area contributed by atoms with Gasteiger partial charge in [0.1, 0.15) is 5.69 Å². The summed E-state index contributed by atoms with van der Waals surface area (Å²) in [7, 11) is 0. The second kappa shape index (κ2) is 8.06. The first kappa shape index (κ1) is 17.3. The molecule has 0 aliphatic carbocycles. The van der Waals surface area contributed by atoms with E-state index in [1.165, 1.54) is 18.4 Å². The first-order chi connectivity index (χ1) is 12.8. The fraction of sp³-hybridized carbons (Fsp3) is 0.476. The molecule has 2 aromatic rings. The van der Waals surface area contributed by atoms with Crippen LogP contribution in [0.15, 0.2) is 48.7 Å². The summed E-state index contributed by atoms with van der Waals surface area (Å²) < 4.78 is 7.79. The number of rotatable bonds is 5. The van der Waals surface area contributed by atoms with E-state index >= 15 is 0 Å². The zero-order chi connectivity index (χ0) is 17.8. The van der Waals surface area contributed by atoms with Crippen molar-refractivity contribution in [1.29, 1.82) is 0 Å². The van der Waals surface area contributed by atoms with Gasteiger partial charge in [0, 0.05) is 52.1 Å². The molecule has 4 rings (SSSR count). The maximum absolute atomic E-state index is 13.0. The third kappa shape index (κ3) is 4.00. The van der Waals surface area contributed by atoms with Crippen LogP contribution in [-0.2, 0) is 11.3 Å². The average Bonchev–Trinajstić information content (AvgIpc) is 3.35. The Balaban J connectivity index is 1.34. The number of carbonyl (C=O) groups excluding carboxylic acids is 1. The van der Waals surface area contributed by atoms with Crippen LogP contribution >= 0.6 is 0 Å². The fourth-order valence-corrected chi connectivity index (χ4v) is 3.90. The van der Waals surface area contributed by atoms with Crippen molar-refractivity contribution < 1.29 is 9.53 Å². The van der Waals surface area contributed by atoms with Gasteiger partial charge in [0.15, 0.2) is 0 Å². The molecule has 5 heteroatoms. The number of nitrogens with zero attached hydrogens (tertiary/aromatic N) is 3. The number of amides is 1. The maximum atomic E-state index is 13.0. The second-order valence-corrected chi connectivity index (χ2v) is 7.23. The molecule has 1 aromatic carbocycles. The number of ether oxygens (including phenoxy) is 1. The molecule has 26 heavy (non-hydrogen) atoms. The highest BCUT2D eigenvalue weighted by molar-refractivity contribution is 5.92. The number of hydrogen-bond acceptors (Lipinski definition) is 3. The number of benzene rings is 1. The topological polar surface area (TPSA) is 37.7 Å². The van der Waals surface area contributed by atoms with E-state index in [1.807, 2.05) is 41.4 Å². The summed E-state index contributed by atoms with van der Waals surface area (Å²) in [6, 6.07) is 14.2. The highest BCUT2D eigenvalue weighted by Gasteiger charge is 2.26. The van der Waals surface area contributed by atoms with E-state index in [-0.39, 0.29) is 5.91 Å². The third-order valence-electron chi connectivity index (χ3n) is 5.39. The van der Waals surface area contributed by atoms with Crippen molar-refractivity contribution in [3.05, 3.63) is 59.9 Å². The molecule has 0 saturated carbocycles. The summed E-state index contributed by atoms with van der Waals surface area (Å²) in [6.07, 6.45) is 4.74. The summed E-state index contributed by atoms with van der Waals surface area (Å²) >= 11 is 0. The zero-order valence-corrected chi connectivity index (χ0v) is 15.2. The normalized spacial score (nSPS) is 21.2. The van der Waals surface area contributed by atoms with Crippen molar-refractivity contribution in [3.8, 4) is 0 Å². The van der Waals surface area contributed by atoms with Gasteiger partial charge in [-0.25, -0.2) is 0 Å². The monoisotopic (exact) mass is 353 g/mol. The second-order valence-electron chi connectivity index (χ2n) is 7.23. The van der Waals surface area contributed by atoms with Gasteiger partial charge in [-0.15, -0.1) is 0 Å². The Kier molecular flexibility index (Phi) is 5.37. The minimum absolute atomic E-state index is 0.141. The van der Waals surface area contributed by atoms with Crippen LogP contribution in [0.25, 0.3) is 0 Å². The van der Waals surface area contributed by atoms with E-state index in [0.717, 1.165) is 51.6 Å². The first-order valence-corrected chi connectivity index (χ1v) is 9.62. The zero-order valence-electron chi connectivity index (χ0n) is 15.2. The van der Waals surface area contributed by atoms with Gasteiger partial charge in [-0.2, -0.15) is 0 Å². The van der Waals surface area contributed by atoms with E-state index in [1.54, 1.807) is 0 Å². The van der Waals surface area contributed by atoms with E-state index < -0.39 is 0 Å². The highest BCUT2D eigenvalue weighted by atomic mass is 16.5. The Morgan fingerprint density at radius 3 is 2.58 bits per heavy atom. The lowest BCUT2D eigenvalue weighted by Gasteiger charge is -2.35. The van der Waals surface area contributed by atoms with Gasteiger partial charge in [0.2, 0.25) is 0 Å². The van der Waals surface area contributed by atoms with Crippen LogP contribution in [0.3, 0.4) is 0 Å². The van der Waals surface area contributed by atoms with Crippen molar-refractivity contribution in [2.45, 2.75) is 25.5 Å². The van der Waals surface area contributed by atoms with Gasteiger partial charge in [-0.05, 0) is 30.5 Å². The largest absolute Gasteiger partial charge is 0.377 e. The van der Waals surface area contributed by atoms with Gasteiger partial charge >= 0.3 is 0 Å². The molecule has 1 atom stereocenters. The molecule has 1 unspecified atom stereocenters. The van der Waals surface area contributed by atoms with Crippen molar-refractivity contribution in [1.82, 2.24) is 14.4 Å². The molecule has 0 spiro atoms. The summed E-state index contributed by atoms with van der Waals surface area (Å²) in [4.78, 5) is 17.4. The van der Waals surface area contributed by atoms with Gasteiger partial charge in [-0.1, -0.05) is 30.3 Å². The summed E-state index contributed by atoms with van der Waals surface area (Å²) in [6.45, 7) is 6.10. The molecule has 2 aliphatic rings.